The molecule has 0 saturated carbocycles. The first-order valence-corrected chi connectivity index (χ1v) is 8.81. The lowest BCUT2D eigenvalue weighted by Crippen LogP contribution is -2.31. The van der Waals surface area contributed by atoms with Crippen molar-refractivity contribution in [3.63, 3.8) is 0 Å². The van der Waals surface area contributed by atoms with Crippen LogP contribution in [0.15, 0.2) is 57.9 Å². The first-order chi connectivity index (χ1) is 13.4. The van der Waals surface area contributed by atoms with Crippen LogP contribution in [-0.4, -0.2) is 19.1 Å². The predicted molar refractivity (Wildman–Crippen MR) is 102 cm³/mol. The van der Waals surface area contributed by atoms with Gasteiger partial charge < -0.3 is 19.2 Å². The molecule has 1 heterocycles. The van der Waals surface area contributed by atoms with Gasteiger partial charge in [-0.05, 0) is 42.3 Å². The van der Waals surface area contributed by atoms with Gasteiger partial charge in [-0.25, -0.2) is 4.39 Å². The predicted octanol–water partition coefficient (Wildman–Crippen LogP) is 3.88. The Morgan fingerprint density at radius 3 is 2.57 bits per heavy atom. The Labute approximate surface area is 160 Å². The van der Waals surface area contributed by atoms with E-state index in [-0.39, 0.29) is 23.7 Å². The molecule has 1 amide bonds. The quantitative estimate of drug-likeness (QED) is 0.668. The van der Waals surface area contributed by atoms with Gasteiger partial charge in [-0.15, -0.1) is 0 Å². The fraction of sp³-hybridized carbons (Fsp3) is 0.238. The number of halogens is 1. The molecular formula is C21H20FNO5. The molecule has 0 atom stereocenters. The minimum Gasteiger partial charge on any atom is -0.484 e. The third kappa shape index (κ3) is 4.88. The van der Waals surface area contributed by atoms with Gasteiger partial charge in [0.2, 0.25) is 11.2 Å². The number of carbonyl (C=O) groups is 1. The number of hydrogen-bond donors (Lipinski definition) is 1. The second-order valence-corrected chi connectivity index (χ2v) is 6.63. The molecule has 0 bridgehead atoms. The molecule has 1 N–H and O–H groups in total. The Morgan fingerprint density at radius 2 is 1.86 bits per heavy atom. The molecule has 28 heavy (non-hydrogen) atoms. The van der Waals surface area contributed by atoms with Crippen molar-refractivity contribution in [3.05, 3.63) is 64.8 Å². The van der Waals surface area contributed by atoms with E-state index in [1.54, 1.807) is 12.1 Å². The van der Waals surface area contributed by atoms with Gasteiger partial charge in [-0.1, -0.05) is 13.8 Å². The molecule has 1 aromatic heterocycles. The molecule has 0 spiro atoms. The van der Waals surface area contributed by atoms with Crippen LogP contribution in [0, 0.1) is 11.7 Å². The van der Waals surface area contributed by atoms with E-state index in [1.807, 2.05) is 13.8 Å². The topological polar surface area (TPSA) is 77.8 Å². The monoisotopic (exact) mass is 385 g/mol. The number of carbonyl (C=O) groups excluding carboxylic acids is 1. The molecule has 0 saturated heterocycles. The SMILES string of the molecule is CC(C)CNC(=O)COc1ccc2c(=O)c(Oc3ccc(F)cc3)coc2c1. The molecular weight excluding hydrogens is 365 g/mol. The van der Waals surface area contributed by atoms with Crippen LogP contribution in [0.5, 0.6) is 17.2 Å². The van der Waals surface area contributed by atoms with E-state index in [0.29, 0.717) is 34.9 Å². The highest BCUT2D eigenvalue weighted by Gasteiger charge is 2.11. The van der Waals surface area contributed by atoms with Gasteiger partial charge >= 0.3 is 0 Å². The third-order valence-electron chi connectivity index (χ3n) is 3.83. The van der Waals surface area contributed by atoms with Crippen molar-refractivity contribution in [3.8, 4) is 17.2 Å². The van der Waals surface area contributed by atoms with E-state index in [2.05, 4.69) is 5.32 Å². The summed E-state index contributed by atoms with van der Waals surface area (Å²) in [6.45, 7) is 4.45. The highest BCUT2D eigenvalue weighted by Crippen LogP contribution is 2.24. The summed E-state index contributed by atoms with van der Waals surface area (Å²) in [5, 5.41) is 3.06. The number of ether oxygens (including phenoxy) is 2. The zero-order valence-corrected chi connectivity index (χ0v) is 15.5. The summed E-state index contributed by atoms with van der Waals surface area (Å²) in [5.41, 5.74) is -0.0663. The summed E-state index contributed by atoms with van der Waals surface area (Å²) >= 11 is 0. The Balaban J connectivity index is 1.72. The largest absolute Gasteiger partial charge is 0.484 e. The molecule has 0 radical (unpaired) electrons. The van der Waals surface area contributed by atoms with Crippen LogP contribution in [0.4, 0.5) is 4.39 Å². The van der Waals surface area contributed by atoms with E-state index in [9.17, 15) is 14.0 Å². The second kappa shape index (κ2) is 8.56. The zero-order valence-electron chi connectivity index (χ0n) is 15.5. The lowest BCUT2D eigenvalue weighted by atomic mass is 10.2. The minimum absolute atomic E-state index is 0.0131. The molecule has 0 aliphatic rings. The lowest BCUT2D eigenvalue weighted by molar-refractivity contribution is -0.123. The molecule has 7 heteroatoms. The number of benzene rings is 2. The average molecular weight is 385 g/mol. The van der Waals surface area contributed by atoms with Crippen LogP contribution >= 0.6 is 0 Å². The molecule has 2 aromatic carbocycles. The summed E-state index contributed by atoms with van der Waals surface area (Å²) in [5.74, 6) is 0.440. The molecule has 0 unspecified atom stereocenters. The van der Waals surface area contributed by atoms with Gasteiger partial charge in [0.15, 0.2) is 6.61 Å². The van der Waals surface area contributed by atoms with E-state index < -0.39 is 5.82 Å². The van der Waals surface area contributed by atoms with Crippen molar-refractivity contribution in [2.45, 2.75) is 13.8 Å². The van der Waals surface area contributed by atoms with Gasteiger partial charge in [-0.3, -0.25) is 9.59 Å². The first-order valence-electron chi connectivity index (χ1n) is 8.81. The van der Waals surface area contributed by atoms with Gasteiger partial charge in [-0.2, -0.15) is 0 Å². The van der Waals surface area contributed by atoms with Crippen LogP contribution in [0.1, 0.15) is 13.8 Å². The van der Waals surface area contributed by atoms with Crippen LogP contribution in [-0.2, 0) is 4.79 Å². The van der Waals surface area contributed by atoms with Crippen molar-refractivity contribution in [1.29, 1.82) is 0 Å². The van der Waals surface area contributed by atoms with E-state index in [0.717, 1.165) is 0 Å². The smallest absolute Gasteiger partial charge is 0.257 e. The van der Waals surface area contributed by atoms with Crippen molar-refractivity contribution in [2.75, 3.05) is 13.2 Å². The number of fused-ring (bicyclic) bond motifs is 1. The van der Waals surface area contributed by atoms with Crippen molar-refractivity contribution in [1.82, 2.24) is 5.32 Å². The van der Waals surface area contributed by atoms with Crippen LogP contribution in [0.2, 0.25) is 0 Å². The van der Waals surface area contributed by atoms with Gasteiger partial charge in [0, 0.05) is 12.6 Å². The fourth-order valence-electron chi connectivity index (χ4n) is 2.40. The standard InChI is InChI=1S/C21H20FNO5/c1-13(2)10-23-20(24)12-26-16-7-8-17-18(9-16)27-11-19(21(17)25)28-15-5-3-14(22)4-6-15/h3-9,11,13H,10,12H2,1-2H3,(H,23,24). The summed E-state index contributed by atoms with van der Waals surface area (Å²) in [6.07, 6.45) is 1.19. The average Bonchev–Trinajstić information content (AvgIpc) is 2.68. The van der Waals surface area contributed by atoms with Crippen LogP contribution in [0.25, 0.3) is 11.0 Å². The maximum absolute atomic E-state index is 13.0. The van der Waals surface area contributed by atoms with Gasteiger partial charge in [0.1, 0.15) is 29.2 Å². The molecule has 3 rings (SSSR count). The number of nitrogens with one attached hydrogen (secondary N) is 1. The maximum Gasteiger partial charge on any atom is 0.257 e. The Hall–Kier alpha value is -3.35. The molecule has 0 fully saturated rings. The molecule has 6 nitrogen and oxygen atoms in total. The van der Waals surface area contributed by atoms with Gasteiger partial charge in [0.05, 0.1) is 5.39 Å². The Kier molecular flexibility index (Phi) is 5.93. The summed E-state index contributed by atoms with van der Waals surface area (Å²) in [6, 6.07) is 9.96. The van der Waals surface area contributed by atoms with E-state index >= 15 is 0 Å². The zero-order chi connectivity index (χ0) is 20.1. The fourth-order valence-corrected chi connectivity index (χ4v) is 2.40. The van der Waals surface area contributed by atoms with Gasteiger partial charge in [0.25, 0.3) is 5.91 Å². The van der Waals surface area contributed by atoms with E-state index in [4.69, 9.17) is 13.9 Å². The number of hydrogen-bond acceptors (Lipinski definition) is 5. The summed E-state index contributed by atoms with van der Waals surface area (Å²) < 4.78 is 29.4. The van der Waals surface area contributed by atoms with Crippen LogP contribution < -0.4 is 20.2 Å². The molecule has 3 aromatic rings. The number of rotatable bonds is 7. The molecule has 0 aliphatic carbocycles. The summed E-state index contributed by atoms with van der Waals surface area (Å²) in [4.78, 5) is 24.3. The minimum atomic E-state index is -0.400. The lowest BCUT2D eigenvalue weighted by Gasteiger charge is -2.10. The Morgan fingerprint density at radius 1 is 1.14 bits per heavy atom. The van der Waals surface area contributed by atoms with Crippen molar-refractivity contribution in [2.24, 2.45) is 5.92 Å². The Bertz CT molecular complexity index is 1030. The molecule has 0 aliphatic heterocycles. The first kappa shape index (κ1) is 19.4. The van der Waals surface area contributed by atoms with Crippen molar-refractivity contribution < 1.29 is 23.1 Å². The maximum atomic E-state index is 13.0. The van der Waals surface area contributed by atoms with E-state index in [1.165, 1.54) is 36.6 Å². The van der Waals surface area contributed by atoms with Crippen molar-refractivity contribution >= 4 is 16.9 Å². The second-order valence-electron chi connectivity index (χ2n) is 6.63. The normalized spacial score (nSPS) is 10.9. The number of amides is 1. The van der Waals surface area contributed by atoms with Crippen LogP contribution in [0.3, 0.4) is 0 Å². The highest BCUT2D eigenvalue weighted by molar-refractivity contribution is 5.80. The third-order valence-corrected chi connectivity index (χ3v) is 3.83. The molecule has 146 valence electrons. The highest BCUT2D eigenvalue weighted by atomic mass is 19.1. The summed E-state index contributed by atoms with van der Waals surface area (Å²) in [7, 11) is 0.